The summed E-state index contributed by atoms with van der Waals surface area (Å²) in [5.41, 5.74) is 23.3. The maximum Gasteiger partial charge on any atom is 0.137 e. The van der Waals surface area contributed by atoms with Crippen molar-refractivity contribution in [2.75, 3.05) is 10.6 Å². The number of aromatic nitrogens is 2. The molecule has 406 valence electrons. The zero-order valence-electron chi connectivity index (χ0n) is 48.8. The van der Waals surface area contributed by atoms with Crippen molar-refractivity contribution >= 4 is 44.6 Å². The van der Waals surface area contributed by atoms with Gasteiger partial charge in [0.1, 0.15) is 17.3 Å². The first kappa shape index (κ1) is 51.7. The number of ether oxygens (including phenoxy) is 1. The molecular formula is C78H68N4O. The van der Waals surface area contributed by atoms with Gasteiger partial charge in [-0.1, -0.05) is 238 Å². The van der Waals surface area contributed by atoms with Gasteiger partial charge < -0.3 is 15.4 Å². The highest BCUT2D eigenvalue weighted by molar-refractivity contribution is 6.19. The van der Waals surface area contributed by atoms with Gasteiger partial charge in [-0.3, -0.25) is 4.57 Å². The van der Waals surface area contributed by atoms with E-state index in [0.717, 1.165) is 67.6 Å². The maximum absolute atomic E-state index is 7.65. The minimum atomic E-state index is -0.673. The summed E-state index contributed by atoms with van der Waals surface area (Å²) in [6.45, 7) is 20.6. The molecule has 2 aromatic heterocycles. The van der Waals surface area contributed by atoms with Crippen LogP contribution in [0.4, 0.5) is 22.7 Å². The average molecular weight is 1080 g/mol. The van der Waals surface area contributed by atoms with Gasteiger partial charge in [0.25, 0.3) is 0 Å². The molecule has 1 spiro atoms. The normalized spacial score (nSPS) is 13.2. The Balaban J connectivity index is 0.934. The molecule has 0 unspecified atom stereocenters. The Morgan fingerprint density at radius 3 is 1.63 bits per heavy atom. The highest BCUT2D eigenvalue weighted by Crippen LogP contribution is 2.67. The first-order valence-corrected chi connectivity index (χ1v) is 29.2. The monoisotopic (exact) mass is 1080 g/mol. The number of rotatable bonds is 9. The highest BCUT2D eigenvalue weighted by Gasteiger charge is 2.54. The van der Waals surface area contributed by atoms with Crippen LogP contribution in [0.5, 0.6) is 11.5 Å². The van der Waals surface area contributed by atoms with Crippen molar-refractivity contribution in [1.82, 2.24) is 9.55 Å². The van der Waals surface area contributed by atoms with E-state index in [0.29, 0.717) is 5.75 Å². The van der Waals surface area contributed by atoms with E-state index >= 15 is 0 Å². The fourth-order valence-electron chi connectivity index (χ4n) is 13.2. The van der Waals surface area contributed by atoms with E-state index in [1.165, 1.54) is 72.0 Å². The molecule has 2 aliphatic rings. The Bertz CT molecular complexity index is 4460. The molecule has 0 radical (unpaired) electrons. The van der Waals surface area contributed by atoms with Gasteiger partial charge in [0.15, 0.2) is 0 Å². The number of nitrogens with one attached hydrogen (secondary N) is 2. The van der Waals surface area contributed by atoms with E-state index in [1.807, 2.05) is 6.20 Å². The number of nitrogens with zero attached hydrogens (tertiary/aromatic N) is 2. The Kier molecular flexibility index (Phi) is 12.0. The van der Waals surface area contributed by atoms with Crippen LogP contribution in [-0.4, -0.2) is 9.55 Å². The number of hydrogen-bond donors (Lipinski definition) is 2. The van der Waals surface area contributed by atoms with Crippen molar-refractivity contribution in [2.24, 2.45) is 0 Å². The lowest BCUT2D eigenvalue weighted by atomic mass is 9.70. The summed E-state index contributed by atoms with van der Waals surface area (Å²) >= 11 is 0. The Labute approximate surface area is 488 Å². The van der Waals surface area contributed by atoms with E-state index in [1.54, 1.807) is 0 Å². The van der Waals surface area contributed by atoms with Crippen LogP contribution in [0.3, 0.4) is 0 Å². The fourth-order valence-corrected chi connectivity index (χ4v) is 13.2. The SMILES string of the molecule is CC(C)(C)c1cc(-c2cccc(-c3ccccc3)c2Nc2ccccc2Nc2cccc(Oc3cc4c(c5c3C3(c6ccccc6-c6ccccc63)c3ccccc3-5)c3ccccc3n4-c3cc(C(C)(C)C)ccn3)c2)cc(C(C)(C)C)c1. The van der Waals surface area contributed by atoms with Crippen molar-refractivity contribution in [2.45, 2.75) is 84.0 Å². The minimum absolute atomic E-state index is 0.0436. The molecule has 5 heteroatoms. The van der Waals surface area contributed by atoms with Gasteiger partial charge in [0, 0.05) is 57.0 Å². The molecule has 83 heavy (non-hydrogen) atoms. The van der Waals surface area contributed by atoms with Gasteiger partial charge in [0.2, 0.25) is 0 Å². The Morgan fingerprint density at radius 2 is 0.964 bits per heavy atom. The van der Waals surface area contributed by atoms with Crippen LogP contribution in [0.15, 0.2) is 237 Å². The van der Waals surface area contributed by atoms with Crippen LogP contribution in [0, 0.1) is 0 Å². The average Bonchev–Trinajstić information content (AvgIpc) is 1.55. The van der Waals surface area contributed by atoms with Gasteiger partial charge >= 0.3 is 0 Å². The second-order valence-electron chi connectivity index (χ2n) is 25.7. The van der Waals surface area contributed by atoms with E-state index in [2.05, 4.69) is 308 Å². The van der Waals surface area contributed by atoms with Gasteiger partial charge in [0.05, 0.1) is 33.5 Å². The second kappa shape index (κ2) is 19.3. The van der Waals surface area contributed by atoms with Crippen LogP contribution in [0.25, 0.3) is 72.1 Å². The third kappa shape index (κ3) is 8.55. The summed E-state index contributed by atoms with van der Waals surface area (Å²) in [7, 11) is 0. The number of fused-ring (bicyclic) bond motifs is 14. The summed E-state index contributed by atoms with van der Waals surface area (Å²) in [6.07, 6.45) is 1.96. The molecule has 2 aliphatic carbocycles. The summed E-state index contributed by atoms with van der Waals surface area (Å²) in [4.78, 5) is 5.14. The third-order valence-electron chi connectivity index (χ3n) is 17.3. The Hall–Kier alpha value is -9.45. The van der Waals surface area contributed by atoms with Crippen LogP contribution in [0.1, 0.15) is 101 Å². The summed E-state index contributed by atoms with van der Waals surface area (Å²) < 4.78 is 10.0. The highest BCUT2D eigenvalue weighted by atomic mass is 16.5. The minimum Gasteiger partial charge on any atom is -0.457 e. The molecule has 0 bridgehead atoms. The zero-order valence-corrected chi connectivity index (χ0v) is 48.8. The molecular weight excluding hydrogens is 1010 g/mol. The predicted octanol–water partition coefficient (Wildman–Crippen LogP) is 21.0. The Morgan fingerprint density at radius 1 is 0.422 bits per heavy atom. The van der Waals surface area contributed by atoms with Gasteiger partial charge in [-0.2, -0.15) is 0 Å². The zero-order chi connectivity index (χ0) is 57.0. The van der Waals surface area contributed by atoms with Crippen molar-refractivity contribution in [3.63, 3.8) is 0 Å². The van der Waals surface area contributed by atoms with Gasteiger partial charge in [-0.15, -0.1) is 0 Å². The lowest BCUT2D eigenvalue weighted by molar-refractivity contribution is 0.472. The number of anilines is 4. The number of benzene rings is 10. The van der Waals surface area contributed by atoms with E-state index in [9.17, 15) is 0 Å². The van der Waals surface area contributed by atoms with Crippen molar-refractivity contribution < 1.29 is 4.74 Å². The quantitative estimate of drug-likeness (QED) is 0.151. The lowest BCUT2D eigenvalue weighted by Gasteiger charge is -2.32. The first-order chi connectivity index (χ1) is 40.1. The molecule has 0 saturated carbocycles. The van der Waals surface area contributed by atoms with Crippen LogP contribution >= 0.6 is 0 Å². The molecule has 12 aromatic rings. The van der Waals surface area contributed by atoms with E-state index in [4.69, 9.17) is 9.72 Å². The van der Waals surface area contributed by atoms with Crippen LogP contribution in [0.2, 0.25) is 0 Å². The third-order valence-corrected chi connectivity index (χ3v) is 17.3. The number of para-hydroxylation sites is 4. The molecule has 14 rings (SSSR count). The molecule has 2 N–H and O–H groups in total. The maximum atomic E-state index is 7.65. The van der Waals surface area contributed by atoms with Crippen molar-refractivity contribution in [3.05, 3.63) is 276 Å². The van der Waals surface area contributed by atoms with E-state index < -0.39 is 5.41 Å². The second-order valence-corrected chi connectivity index (χ2v) is 25.7. The van der Waals surface area contributed by atoms with Crippen LogP contribution in [-0.2, 0) is 21.7 Å². The molecule has 5 nitrogen and oxygen atoms in total. The molecule has 0 amide bonds. The van der Waals surface area contributed by atoms with Gasteiger partial charge in [-0.25, -0.2) is 4.98 Å². The topological polar surface area (TPSA) is 51.1 Å². The van der Waals surface area contributed by atoms with Crippen LogP contribution < -0.4 is 15.4 Å². The molecule has 0 aliphatic heterocycles. The lowest BCUT2D eigenvalue weighted by Crippen LogP contribution is -2.26. The molecule has 10 aromatic carbocycles. The standard InChI is InChI=1S/C78H68N4O/c1-75(2,3)51-41-42-79-70(46-51)82-67-40-22-16-32-61(67)71-68(82)48-69(73-72(71)60-31-15-19-37-64(60)78(73)62-35-17-13-29-58(62)59-30-14-18-36-63(59)78)83-55-28-23-27-54(47-55)80-65-38-20-21-39-66(65)81-74-56(49-25-11-10-12-26-49)33-24-34-57(74)50-43-52(76(4,5)6)45-53(44-50)77(7,8)9/h10-48,80-81H,1-9H3. The largest absolute Gasteiger partial charge is 0.457 e. The molecule has 0 atom stereocenters. The summed E-state index contributed by atoms with van der Waals surface area (Å²) in [5, 5.41) is 10.3. The van der Waals surface area contributed by atoms with E-state index in [-0.39, 0.29) is 16.2 Å². The van der Waals surface area contributed by atoms with Crippen molar-refractivity contribution in [1.29, 1.82) is 0 Å². The molecule has 0 fully saturated rings. The first-order valence-electron chi connectivity index (χ1n) is 29.2. The number of hydrogen-bond acceptors (Lipinski definition) is 4. The fraction of sp³-hybridized carbons (Fsp3) is 0.167. The summed E-state index contributed by atoms with van der Waals surface area (Å²) in [5.74, 6) is 2.38. The van der Waals surface area contributed by atoms with Crippen molar-refractivity contribution in [3.8, 4) is 61.8 Å². The smallest absolute Gasteiger partial charge is 0.137 e. The van der Waals surface area contributed by atoms with Gasteiger partial charge in [-0.05, 0) is 120 Å². The number of pyridine rings is 1. The molecule has 0 saturated heterocycles. The molecule has 2 heterocycles. The predicted molar refractivity (Wildman–Crippen MR) is 348 cm³/mol. The summed E-state index contributed by atoms with van der Waals surface area (Å²) in [6, 6.07) is 84.1.